The van der Waals surface area contributed by atoms with Crippen LogP contribution >= 0.6 is 0 Å². The van der Waals surface area contributed by atoms with Crippen LogP contribution in [0.15, 0.2) is 0 Å². The molecule has 0 radical (unpaired) electrons. The fraction of sp³-hybridized carbons (Fsp3) is 0.700. The van der Waals surface area contributed by atoms with Gasteiger partial charge in [-0.05, 0) is 32.7 Å². The second-order valence-corrected chi connectivity index (χ2v) is 2.99. The molecular formula is C10H15NO2. The van der Waals surface area contributed by atoms with E-state index in [1.165, 1.54) is 12.8 Å². The van der Waals surface area contributed by atoms with E-state index in [0.29, 0.717) is 6.61 Å². The number of rotatable bonds is 1. The molecule has 1 aliphatic heterocycles. The van der Waals surface area contributed by atoms with Gasteiger partial charge in [-0.25, -0.2) is 4.79 Å². The van der Waals surface area contributed by atoms with Gasteiger partial charge in [0.25, 0.3) is 0 Å². The Morgan fingerprint density at radius 3 is 3.08 bits per heavy atom. The Labute approximate surface area is 78.8 Å². The summed E-state index contributed by atoms with van der Waals surface area (Å²) in [5, 5.41) is 3.24. The van der Waals surface area contributed by atoms with Crippen LogP contribution in [0.3, 0.4) is 0 Å². The second-order valence-electron chi connectivity index (χ2n) is 2.99. The third-order valence-corrected chi connectivity index (χ3v) is 1.93. The third-order valence-electron chi connectivity index (χ3n) is 1.93. The standard InChI is InChI=1S/C10H15NO2/c1-2-13-10(12)7-6-9-5-3-4-8-11-9/h9,11H,2-5,8H2,1H3. The molecule has 0 aromatic heterocycles. The van der Waals surface area contributed by atoms with Crippen molar-refractivity contribution in [3.63, 3.8) is 0 Å². The van der Waals surface area contributed by atoms with Crippen molar-refractivity contribution < 1.29 is 9.53 Å². The molecule has 0 spiro atoms. The van der Waals surface area contributed by atoms with Crippen LogP contribution in [0.4, 0.5) is 0 Å². The number of carbonyl (C=O) groups is 1. The Hall–Kier alpha value is -1.01. The summed E-state index contributed by atoms with van der Waals surface area (Å²) in [6.07, 6.45) is 3.43. The van der Waals surface area contributed by atoms with Gasteiger partial charge in [-0.2, -0.15) is 0 Å². The van der Waals surface area contributed by atoms with Gasteiger partial charge in [0.1, 0.15) is 0 Å². The average molecular weight is 181 g/mol. The molecule has 13 heavy (non-hydrogen) atoms. The first-order chi connectivity index (χ1) is 6.33. The first kappa shape index (κ1) is 10.1. The van der Waals surface area contributed by atoms with Crippen molar-refractivity contribution >= 4 is 5.97 Å². The summed E-state index contributed by atoms with van der Waals surface area (Å²) in [6.45, 7) is 3.17. The van der Waals surface area contributed by atoms with Crippen molar-refractivity contribution in [3.8, 4) is 11.8 Å². The maximum absolute atomic E-state index is 10.9. The Morgan fingerprint density at radius 1 is 1.62 bits per heavy atom. The molecule has 0 saturated carbocycles. The molecule has 1 saturated heterocycles. The fourth-order valence-electron chi connectivity index (χ4n) is 1.29. The number of nitrogens with one attached hydrogen (secondary N) is 1. The molecule has 1 N–H and O–H groups in total. The lowest BCUT2D eigenvalue weighted by atomic mass is 10.1. The monoisotopic (exact) mass is 181 g/mol. The molecule has 0 bridgehead atoms. The van der Waals surface area contributed by atoms with Crippen molar-refractivity contribution in [2.75, 3.05) is 13.2 Å². The van der Waals surface area contributed by atoms with E-state index in [0.717, 1.165) is 13.0 Å². The lowest BCUT2D eigenvalue weighted by molar-refractivity contribution is -0.136. The smallest absolute Gasteiger partial charge is 0.384 e. The van der Waals surface area contributed by atoms with E-state index in [9.17, 15) is 4.79 Å². The van der Waals surface area contributed by atoms with Crippen molar-refractivity contribution in [1.29, 1.82) is 0 Å². The minimum atomic E-state index is -0.421. The summed E-state index contributed by atoms with van der Waals surface area (Å²) in [7, 11) is 0. The number of carbonyl (C=O) groups excluding carboxylic acids is 1. The van der Waals surface area contributed by atoms with Gasteiger partial charge in [0.2, 0.25) is 0 Å². The van der Waals surface area contributed by atoms with Gasteiger partial charge in [0.15, 0.2) is 0 Å². The van der Waals surface area contributed by atoms with Crippen molar-refractivity contribution in [1.82, 2.24) is 5.32 Å². The summed E-state index contributed by atoms with van der Waals surface area (Å²) in [5.41, 5.74) is 0. The van der Waals surface area contributed by atoms with Gasteiger partial charge in [-0.15, -0.1) is 0 Å². The highest BCUT2D eigenvalue weighted by molar-refractivity contribution is 5.88. The molecule has 1 heterocycles. The molecule has 0 aliphatic carbocycles. The lowest BCUT2D eigenvalue weighted by Crippen LogP contribution is -2.32. The number of piperidine rings is 1. The van der Waals surface area contributed by atoms with Crippen LogP contribution < -0.4 is 5.32 Å². The van der Waals surface area contributed by atoms with E-state index < -0.39 is 5.97 Å². The van der Waals surface area contributed by atoms with Gasteiger partial charge >= 0.3 is 5.97 Å². The molecular weight excluding hydrogens is 166 g/mol. The Bertz CT molecular complexity index is 221. The Balaban J connectivity index is 2.31. The zero-order valence-corrected chi connectivity index (χ0v) is 7.93. The summed E-state index contributed by atoms with van der Waals surface area (Å²) < 4.78 is 4.69. The Morgan fingerprint density at radius 2 is 2.46 bits per heavy atom. The van der Waals surface area contributed by atoms with Crippen molar-refractivity contribution in [2.24, 2.45) is 0 Å². The maximum atomic E-state index is 10.9. The lowest BCUT2D eigenvalue weighted by Gasteiger charge is -2.17. The predicted molar refractivity (Wildman–Crippen MR) is 50.1 cm³/mol. The first-order valence-corrected chi connectivity index (χ1v) is 4.74. The minimum Gasteiger partial charge on any atom is -0.456 e. The molecule has 1 rings (SSSR count). The van der Waals surface area contributed by atoms with Crippen LogP contribution in [-0.2, 0) is 9.53 Å². The molecule has 3 heteroatoms. The summed E-state index contributed by atoms with van der Waals surface area (Å²) in [5.74, 6) is 4.93. The molecule has 72 valence electrons. The zero-order valence-electron chi connectivity index (χ0n) is 7.93. The van der Waals surface area contributed by atoms with Crippen LogP contribution in [0.25, 0.3) is 0 Å². The van der Waals surface area contributed by atoms with E-state index in [1.54, 1.807) is 6.92 Å². The zero-order chi connectivity index (χ0) is 9.52. The van der Waals surface area contributed by atoms with E-state index in [-0.39, 0.29) is 6.04 Å². The summed E-state index contributed by atoms with van der Waals surface area (Å²) in [4.78, 5) is 10.9. The number of esters is 1. The van der Waals surface area contributed by atoms with Gasteiger partial charge in [-0.3, -0.25) is 0 Å². The fourth-order valence-corrected chi connectivity index (χ4v) is 1.29. The van der Waals surface area contributed by atoms with Crippen molar-refractivity contribution in [3.05, 3.63) is 0 Å². The molecule has 0 amide bonds. The molecule has 1 fully saturated rings. The average Bonchev–Trinajstić information content (AvgIpc) is 2.17. The van der Waals surface area contributed by atoms with Gasteiger partial charge < -0.3 is 10.1 Å². The molecule has 0 aromatic rings. The largest absolute Gasteiger partial charge is 0.456 e. The Kier molecular flexibility index (Phi) is 4.34. The predicted octanol–water partition coefficient (Wildman–Crippen LogP) is 0.695. The molecule has 1 atom stereocenters. The molecule has 0 aromatic carbocycles. The highest BCUT2D eigenvalue weighted by Crippen LogP contribution is 2.05. The quantitative estimate of drug-likeness (QED) is 0.367. The highest BCUT2D eigenvalue weighted by atomic mass is 16.5. The van der Waals surface area contributed by atoms with E-state index in [2.05, 4.69) is 17.2 Å². The first-order valence-electron chi connectivity index (χ1n) is 4.74. The minimum absolute atomic E-state index is 0.179. The van der Waals surface area contributed by atoms with Crippen LogP contribution in [0.2, 0.25) is 0 Å². The molecule has 3 nitrogen and oxygen atoms in total. The highest BCUT2D eigenvalue weighted by Gasteiger charge is 2.08. The van der Waals surface area contributed by atoms with Crippen LogP contribution in [-0.4, -0.2) is 25.2 Å². The number of hydrogen-bond acceptors (Lipinski definition) is 3. The van der Waals surface area contributed by atoms with E-state index in [1.807, 2.05) is 0 Å². The van der Waals surface area contributed by atoms with E-state index >= 15 is 0 Å². The van der Waals surface area contributed by atoms with Gasteiger partial charge in [-0.1, -0.05) is 5.92 Å². The van der Waals surface area contributed by atoms with Crippen LogP contribution in [0.5, 0.6) is 0 Å². The number of ether oxygens (including phenoxy) is 1. The number of hydrogen-bond donors (Lipinski definition) is 1. The second kappa shape index (κ2) is 5.60. The third kappa shape index (κ3) is 3.95. The summed E-state index contributed by atoms with van der Waals surface area (Å²) >= 11 is 0. The maximum Gasteiger partial charge on any atom is 0.384 e. The van der Waals surface area contributed by atoms with Gasteiger partial charge in [0, 0.05) is 5.92 Å². The topological polar surface area (TPSA) is 38.3 Å². The van der Waals surface area contributed by atoms with Crippen LogP contribution in [0, 0.1) is 11.8 Å². The SMILES string of the molecule is CCOC(=O)C#CC1CCCCN1. The molecule has 1 aliphatic rings. The van der Waals surface area contributed by atoms with Gasteiger partial charge in [0.05, 0.1) is 12.6 Å². The normalized spacial score (nSPS) is 21.5. The molecule has 1 unspecified atom stereocenters. The summed E-state index contributed by atoms with van der Waals surface area (Å²) in [6, 6.07) is 0.179. The van der Waals surface area contributed by atoms with Crippen molar-refractivity contribution in [2.45, 2.75) is 32.2 Å². The van der Waals surface area contributed by atoms with E-state index in [4.69, 9.17) is 4.74 Å². The van der Waals surface area contributed by atoms with Crippen LogP contribution in [0.1, 0.15) is 26.2 Å².